The van der Waals surface area contributed by atoms with Crippen molar-refractivity contribution in [2.45, 2.75) is 0 Å². The molecule has 0 aliphatic rings. The van der Waals surface area contributed by atoms with Gasteiger partial charge in [0.15, 0.2) is 0 Å². The molecule has 0 heterocycles. The zero-order valence-corrected chi connectivity index (χ0v) is 9.89. The summed E-state index contributed by atoms with van der Waals surface area (Å²) < 4.78 is 0. The second-order valence-corrected chi connectivity index (χ2v) is 4.18. The molecule has 0 amide bonds. The number of hydrogen-bond donors (Lipinski definition) is 2. The Balaban J connectivity index is 2.35. The fraction of sp³-hybridized carbons (Fsp3) is 0. The Morgan fingerprint density at radius 3 is 2.38 bits per heavy atom. The lowest BCUT2D eigenvalue weighted by Gasteiger charge is -2.10. The number of nitrogen functional groups attached to an aromatic ring is 1. The van der Waals surface area contributed by atoms with Gasteiger partial charge in [-0.3, -0.25) is 0 Å². The van der Waals surface area contributed by atoms with Crippen LogP contribution in [0.3, 0.4) is 0 Å². The van der Waals surface area contributed by atoms with Gasteiger partial charge in [-0.05, 0) is 24.3 Å². The van der Waals surface area contributed by atoms with Crippen LogP contribution in [0.4, 0.5) is 17.1 Å². The Morgan fingerprint density at radius 1 is 1.00 bits per heavy atom. The summed E-state index contributed by atoms with van der Waals surface area (Å²) in [7, 11) is 0. The average Bonchev–Trinajstić information content (AvgIpc) is 2.27. The summed E-state index contributed by atoms with van der Waals surface area (Å²) in [6.07, 6.45) is 0. The summed E-state index contributed by atoms with van der Waals surface area (Å²) in [5.41, 5.74) is 7.99. The van der Waals surface area contributed by atoms with Gasteiger partial charge in [0.05, 0.1) is 16.4 Å². The predicted molar refractivity (Wildman–Crippen MR) is 70.6 cm³/mol. The van der Waals surface area contributed by atoms with Crippen molar-refractivity contribution in [3.05, 3.63) is 52.5 Å². The minimum atomic E-state index is 0.450. The summed E-state index contributed by atoms with van der Waals surface area (Å²) in [6.45, 7) is 0. The number of nitrogens with two attached hydrogens (primary N) is 1. The Morgan fingerprint density at radius 2 is 1.69 bits per heavy atom. The minimum absolute atomic E-state index is 0.450. The standard InChI is InChI=1S/C12H10Cl2N2/c13-8-6-10(14)12(15)11(7-8)16-9-4-2-1-3-5-9/h1-7,16H,15H2. The van der Waals surface area contributed by atoms with Gasteiger partial charge in [-0.1, -0.05) is 41.4 Å². The molecule has 0 saturated heterocycles. The quantitative estimate of drug-likeness (QED) is 0.782. The Bertz CT molecular complexity index is 498. The van der Waals surface area contributed by atoms with Crippen molar-refractivity contribution in [2.24, 2.45) is 0 Å². The molecular formula is C12H10Cl2N2. The number of hydrogen-bond acceptors (Lipinski definition) is 2. The molecule has 82 valence electrons. The van der Waals surface area contributed by atoms with Crippen molar-refractivity contribution in [3.63, 3.8) is 0 Å². The van der Waals surface area contributed by atoms with E-state index in [2.05, 4.69) is 5.32 Å². The lowest BCUT2D eigenvalue weighted by molar-refractivity contribution is 1.55. The number of rotatable bonds is 2. The van der Waals surface area contributed by atoms with Gasteiger partial charge in [-0.25, -0.2) is 0 Å². The van der Waals surface area contributed by atoms with Crippen LogP contribution < -0.4 is 11.1 Å². The molecule has 2 aromatic carbocycles. The second-order valence-electron chi connectivity index (χ2n) is 3.34. The maximum atomic E-state index is 5.94. The number of para-hydroxylation sites is 1. The fourth-order valence-electron chi connectivity index (χ4n) is 1.37. The Hall–Kier alpha value is -1.38. The molecule has 0 spiro atoms. The van der Waals surface area contributed by atoms with E-state index in [0.717, 1.165) is 5.69 Å². The van der Waals surface area contributed by atoms with Crippen molar-refractivity contribution < 1.29 is 0 Å². The Kier molecular flexibility index (Phi) is 3.22. The number of nitrogens with one attached hydrogen (secondary N) is 1. The van der Waals surface area contributed by atoms with Crippen molar-refractivity contribution in [3.8, 4) is 0 Å². The fourth-order valence-corrected chi connectivity index (χ4v) is 1.86. The summed E-state index contributed by atoms with van der Waals surface area (Å²) in [4.78, 5) is 0. The van der Waals surface area contributed by atoms with E-state index in [4.69, 9.17) is 28.9 Å². The van der Waals surface area contributed by atoms with Crippen molar-refractivity contribution >= 4 is 40.3 Å². The molecule has 0 saturated carbocycles. The highest BCUT2D eigenvalue weighted by molar-refractivity contribution is 6.37. The van der Waals surface area contributed by atoms with Crippen LogP contribution in [0, 0.1) is 0 Å². The summed E-state index contributed by atoms with van der Waals surface area (Å²) in [5.74, 6) is 0. The summed E-state index contributed by atoms with van der Waals surface area (Å²) in [5, 5.41) is 4.16. The number of anilines is 3. The maximum absolute atomic E-state index is 5.94. The third-order valence-electron chi connectivity index (χ3n) is 2.15. The van der Waals surface area contributed by atoms with E-state index < -0.39 is 0 Å². The van der Waals surface area contributed by atoms with Crippen LogP contribution in [0.1, 0.15) is 0 Å². The third kappa shape index (κ3) is 2.40. The molecule has 0 fully saturated rings. The van der Waals surface area contributed by atoms with E-state index in [1.165, 1.54) is 0 Å². The van der Waals surface area contributed by atoms with Crippen LogP contribution in [-0.4, -0.2) is 0 Å². The van der Waals surface area contributed by atoms with Crippen LogP contribution in [0.25, 0.3) is 0 Å². The van der Waals surface area contributed by atoms with Gasteiger partial charge in [-0.2, -0.15) is 0 Å². The molecule has 4 heteroatoms. The smallest absolute Gasteiger partial charge is 0.0743 e. The van der Waals surface area contributed by atoms with E-state index in [1.54, 1.807) is 12.1 Å². The molecule has 0 atom stereocenters. The van der Waals surface area contributed by atoms with E-state index in [1.807, 2.05) is 30.3 Å². The molecule has 0 radical (unpaired) electrons. The minimum Gasteiger partial charge on any atom is -0.396 e. The summed E-state index contributed by atoms with van der Waals surface area (Å²) >= 11 is 11.8. The number of halogens is 2. The van der Waals surface area contributed by atoms with Gasteiger partial charge in [0, 0.05) is 10.7 Å². The second kappa shape index (κ2) is 4.64. The zero-order chi connectivity index (χ0) is 11.5. The van der Waals surface area contributed by atoms with E-state index >= 15 is 0 Å². The first-order chi connectivity index (χ1) is 7.66. The highest BCUT2D eigenvalue weighted by Gasteiger charge is 2.05. The van der Waals surface area contributed by atoms with Crippen molar-refractivity contribution in [1.29, 1.82) is 0 Å². The molecule has 16 heavy (non-hydrogen) atoms. The molecule has 0 aromatic heterocycles. The molecule has 3 N–H and O–H groups in total. The predicted octanol–water partition coefficient (Wildman–Crippen LogP) is 4.32. The van der Waals surface area contributed by atoms with Gasteiger partial charge in [0.2, 0.25) is 0 Å². The van der Waals surface area contributed by atoms with E-state index in [9.17, 15) is 0 Å². The first-order valence-electron chi connectivity index (χ1n) is 4.73. The van der Waals surface area contributed by atoms with Crippen LogP contribution in [0.15, 0.2) is 42.5 Å². The molecule has 0 aliphatic carbocycles. The van der Waals surface area contributed by atoms with Gasteiger partial charge in [0.1, 0.15) is 0 Å². The topological polar surface area (TPSA) is 38.0 Å². The molecule has 0 aliphatic heterocycles. The van der Waals surface area contributed by atoms with E-state index in [0.29, 0.717) is 21.4 Å². The third-order valence-corrected chi connectivity index (χ3v) is 2.68. The molecule has 0 unspecified atom stereocenters. The lowest BCUT2D eigenvalue weighted by atomic mass is 10.2. The van der Waals surface area contributed by atoms with Gasteiger partial charge in [0.25, 0.3) is 0 Å². The normalized spacial score (nSPS) is 10.1. The van der Waals surface area contributed by atoms with Crippen LogP contribution in [-0.2, 0) is 0 Å². The molecule has 2 rings (SSSR count). The van der Waals surface area contributed by atoms with Crippen molar-refractivity contribution in [1.82, 2.24) is 0 Å². The molecular weight excluding hydrogens is 243 g/mol. The maximum Gasteiger partial charge on any atom is 0.0743 e. The average molecular weight is 253 g/mol. The van der Waals surface area contributed by atoms with Crippen molar-refractivity contribution in [2.75, 3.05) is 11.1 Å². The largest absolute Gasteiger partial charge is 0.396 e. The zero-order valence-electron chi connectivity index (χ0n) is 8.37. The monoisotopic (exact) mass is 252 g/mol. The highest BCUT2D eigenvalue weighted by atomic mass is 35.5. The molecule has 2 aromatic rings. The van der Waals surface area contributed by atoms with Gasteiger partial charge < -0.3 is 11.1 Å². The Labute approximate surface area is 104 Å². The first-order valence-corrected chi connectivity index (χ1v) is 5.49. The first kappa shape index (κ1) is 11.1. The van der Waals surface area contributed by atoms with E-state index in [-0.39, 0.29) is 0 Å². The van der Waals surface area contributed by atoms with Gasteiger partial charge >= 0.3 is 0 Å². The molecule has 2 nitrogen and oxygen atoms in total. The highest BCUT2D eigenvalue weighted by Crippen LogP contribution is 2.33. The van der Waals surface area contributed by atoms with Gasteiger partial charge in [-0.15, -0.1) is 0 Å². The number of benzene rings is 2. The van der Waals surface area contributed by atoms with Crippen LogP contribution >= 0.6 is 23.2 Å². The summed E-state index contributed by atoms with van der Waals surface area (Å²) in [6, 6.07) is 13.1. The van der Waals surface area contributed by atoms with Crippen LogP contribution in [0.2, 0.25) is 10.0 Å². The molecule has 0 bridgehead atoms. The lowest BCUT2D eigenvalue weighted by Crippen LogP contribution is -1.96. The SMILES string of the molecule is Nc1c(Cl)cc(Cl)cc1Nc1ccccc1. The van der Waals surface area contributed by atoms with Crippen LogP contribution in [0.5, 0.6) is 0 Å².